The van der Waals surface area contributed by atoms with Gasteiger partial charge in [0.2, 0.25) is 6.79 Å². The summed E-state index contributed by atoms with van der Waals surface area (Å²) in [5, 5.41) is 3.65. The van der Waals surface area contributed by atoms with Gasteiger partial charge in [-0.1, -0.05) is 29.8 Å². The normalized spacial score (nSPS) is 15.9. The number of hydrogen-bond donors (Lipinski definition) is 2. The van der Waals surface area contributed by atoms with Crippen LogP contribution in [-0.2, 0) is 11.3 Å². The lowest BCUT2D eigenvalue weighted by atomic mass is 10.0. The second kappa shape index (κ2) is 9.27. The Kier molecular flexibility index (Phi) is 6.00. The average Bonchev–Trinajstić information content (AvgIpc) is 3.32. The molecule has 2 heterocycles. The van der Waals surface area contributed by atoms with Crippen LogP contribution in [-0.4, -0.2) is 37.2 Å². The summed E-state index contributed by atoms with van der Waals surface area (Å²) in [6.07, 6.45) is -0.570. The summed E-state index contributed by atoms with van der Waals surface area (Å²) in [5.74, 6) is 1.02. The van der Waals surface area contributed by atoms with Crippen molar-refractivity contribution in [3.8, 4) is 23.0 Å². The number of halogens is 1. The van der Waals surface area contributed by atoms with E-state index in [1.54, 1.807) is 23.1 Å². The molecular weight excluding hydrogens is 474 g/mol. The van der Waals surface area contributed by atoms with E-state index in [0.29, 0.717) is 40.6 Å². The Bertz CT molecular complexity index is 1310. The third-order valence-electron chi connectivity index (χ3n) is 5.74. The lowest BCUT2D eigenvalue weighted by Crippen LogP contribution is -2.42. The maximum atomic E-state index is 13.6. The topological polar surface area (TPSA) is 112 Å². The van der Waals surface area contributed by atoms with E-state index in [1.165, 1.54) is 7.11 Å². The number of carbonyl (C=O) groups excluding carboxylic acids is 2. The minimum atomic E-state index is -0.641. The summed E-state index contributed by atoms with van der Waals surface area (Å²) in [5.41, 5.74) is 7.99. The zero-order chi connectivity index (χ0) is 24.5. The molecule has 9 nitrogen and oxygen atoms in total. The van der Waals surface area contributed by atoms with Crippen LogP contribution in [0.15, 0.2) is 54.6 Å². The summed E-state index contributed by atoms with van der Waals surface area (Å²) >= 11 is 6.51. The summed E-state index contributed by atoms with van der Waals surface area (Å²) in [7, 11) is 1.46. The fraction of sp³-hybridized carbons (Fsp3) is 0.200. The number of benzene rings is 3. The first-order valence-electron chi connectivity index (χ1n) is 10.8. The van der Waals surface area contributed by atoms with Crippen molar-refractivity contribution < 1.29 is 28.5 Å². The molecule has 0 unspecified atom stereocenters. The van der Waals surface area contributed by atoms with Crippen LogP contribution >= 0.6 is 11.6 Å². The van der Waals surface area contributed by atoms with Gasteiger partial charge in [-0.05, 0) is 42.0 Å². The summed E-state index contributed by atoms with van der Waals surface area (Å²) in [4.78, 5) is 26.5. The third-order valence-corrected chi connectivity index (χ3v) is 6.02. The van der Waals surface area contributed by atoms with E-state index < -0.39 is 12.1 Å². The Morgan fingerprint density at radius 2 is 1.97 bits per heavy atom. The second-order valence-corrected chi connectivity index (χ2v) is 8.41. The largest absolute Gasteiger partial charge is 0.493 e. The van der Waals surface area contributed by atoms with Gasteiger partial charge in [0, 0.05) is 17.8 Å². The fourth-order valence-corrected chi connectivity index (χ4v) is 4.41. The molecule has 2 aliphatic heterocycles. The maximum absolute atomic E-state index is 13.6. The Morgan fingerprint density at radius 3 is 2.77 bits per heavy atom. The van der Waals surface area contributed by atoms with E-state index in [1.807, 2.05) is 36.4 Å². The van der Waals surface area contributed by atoms with Gasteiger partial charge in [-0.3, -0.25) is 9.59 Å². The zero-order valence-corrected chi connectivity index (χ0v) is 19.5. The molecule has 180 valence electrons. The molecule has 2 aliphatic rings. The highest BCUT2D eigenvalue weighted by molar-refractivity contribution is 6.32. The smallest absolute Gasteiger partial charge is 0.258 e. The number of nitrogens with two attached hydrogens (primary N) is 1. The van der Waals surface area contributed by atoms with Crippen LogP contribution in [0.1, 0.15) is 27.7 Å². The standard InChI is InChI=1S/C25H22ClN3O6/c1-32-21-10-15(9-17(26)23(21)33-12-22(27)30)24-28-18-5-3-2-4-16(18)25(31)29(24)11-14-6-7-19-20(8-14)35-13-34-19/h2-10,24,28H,11-13H2,1H3,(H2,27,30)/t24-/m1/s1. The van der Waals surface area contributed by atoms with Gasteiger partial charge in [-0.2, -0.15) is 0 Å². The lowest BCUT2D eigenvalue weighted by Gasteiger charge is -2.38. The zero-order valence-electron chi connectivity index (χ0n) is 18.7. The van der Waals surface area contributed by atoms with E-state index in [9.17, 15) is 9.59 Å². The molecule has 3 aromatic rings. The van der Waals surface area contributed by atoms with Crippen LogP contribution in [0, 0.1) is 0 Å². The van der Waals surface area contributed by atoms with Gasteiger partial charge in [0.05, 0.1) is 17.7 Å². The van der Waals surface area contributed by atoms with Crippen LogP contribution in [0.4, 0.5) is 5.69 Å². The van der Waals surface area contributed by atoms with E-state index in [4.69, 9.17) is 36.3 Å². The minimum absolute atomic E-state index is 0.147. The number of primary amides is 1. The number of anilines is 1. The van der Waals surface area contributed by atoms with Gasteiger partial charge in [-0.25, -0.2) is 0 Å². The van der Waals surface area contributed by atoms with Gasteiger partial charge in [-0.15, -0.1) is 0 Å². The van der Waals surface area contributed by atoms with E-state index >= 15 is 0 Å². The Balaban J connectivity index is 1.54. The van der Waals surface area contributed by atoms with E-state index in [2.05, 4.69) is 5.32 Å². The van der Waals surface area contributed by atoms with Crippen LogP contribution < -0.4 is 30.0 Å². The maximum Gasteiger partial charge on any atom is 0.258 e. The first-order chi connectivity index (χ1) is 16.9. The van der Waals surface area contributed by atoms with Crippen LogP contribution in [0.5, 0.6) is 23.0 Å². The molecule has 0 saturated heterocycles. The first-order valence-corrected chi connectivity index (χ1v) is 11.2. The van der Waals surface area contributed by atoms with Crippen molar-refractivity contribution in [1.29, 1.82) is 0 Å². The molecule has 0 saturated carbocycles. The van der Waals surface area contributed by atoms with Crippen LogP contribution in [0.2, 0.25) is 5.02 Å². The number of hydrogen-bond acceptors (Lipinski definition) is 7. The van der Waals surface area contributed by atoms with Gasteiger partial charge in [0.1, 0.15) is 6.17 Å². The average molecular weight is 496 g/mol. The van der Waals surface area contributed by atoms with Crippen molar-refractivity contribution in [2.24, 2.45) is 5.73 Å². The Labute approximate surface area is 206 Å². The highest BCUT2D eigenvalue weighted by atomic mass is 35.5. The Hall–Kier alpha value is -4.11. The van der Waals surface area contributed by atoms with Crippen molar-refractivity contribution >= 4 is 29.1 Å². The number of carbonyl (C=O) groups is 2. The number of methoxy groups -OCH3 is 1. The predicted octanol–water partition coefficient (Wildman–Crippen LogP) is 3.71. The minimum Gasteiger partial charge on any atom is -0.493 e. The lowest BCUT2D eigenvalue weighted by molar-refractivity contribution is -0.119. The monoisotopic (exact) mass is 495 g/mol. The molecule has 0 bridgehead atoms. The molecule has 0 spiro atoms. The number of rotatable bonds is 7. The van der Waals surface area contributed by atoms with Crippen molar-refractivity contribution in [2.75, 3.05) is 25.8 Å². The highest BCUT2D eigenvalue weighted by Crippen LogP contribution is 2.42. The van der Waals surface area contributed by atoms with Crippen LogP contribution in [0.25, 0.3) is 0 Å². The van der Waals surface area contributed by atoms with Crippen molar-refractivity contribution in [3.05, 3.63) is 76.3 Å². The van der Waals surface area contributed by atoms with E-state index in [-0.39, 0.29) is 30.1 Å². The van der Waals surface area contributed by atoms with Crippen LogP contribution in [0.3, 0.4) is 0 Å². The third kappa shape index (κ3) is 4.38. The molecule has 0 fully saturated rings. The van der Waals surface area contributed by atoms with Crippen molar-refractivity contribution in [1.82, 2.24) is 4.90 Å². The summed E-state index contributed by atoms with van der Waals surface area (Å²) < 4.78 is 21.8. The summed E-state index contributed by atoms with van der Waals surface area (Å²) in [6.45, 7) is 0.113. The number of nitrogens with zero attached hydrogens (tertiary/aromatic N) is 1. The Morgan fingerprint density at radius 1 is 1.17 bits per heavy atom. The van der Waals surface area contributed by atoms with Crippen molar-refractivity contribution in [2.45, 2.75) is 12.7 Å². The molecular formula is C25H22ClN3O6. The molecule has 0 aliphatic carbocycles. The first kappa shape index (κ1) is 22.7. The number of amides is 2. The highest BCUT2D eigenvalue weighted by Gasteiger charge is 2.34. The molecule has 35 heavy (non-hydrogen) atoms. The molecule has 10 heteroatoms. The van der Waals surface area contributed by atoms with Gasteiger partial charge in [0.15, 0.2) is 29.6 Å². The quantitative estimate of drug-likeness (QED) is 0.513. The fourth-order valence-electron chi connectivity index (χ4n) is 4.14. The number of nitrogens with one attached hydrogen (secondary N) is 1. The molecule has 0 aromatic heterocycles. The molecule has 5 rings (SSSR count). The second-order valence-electron chi connectivity index (χ2n) is 8.00. The number of ether oxygens (including phenoxy) is 4. The molecule has 1 atom stereocenters. The molecule has 3 N–H and O–H groups in total. The van der Waals surface area contributed by atoms with Gasteiger partial charge >= 0.3 is 0 Å². The molecule has 3 aromatic carbocycles. The molecule has 0 radical (unpaired) electrons. The SMILES string of the molecule is COc1cc([C@@H]2Nc3ccccc3C(=O)N2Cc2ccc3c(c2)OCO3)cc(Cl)c1OCC(N)=O. The van der Waals surface area contributed by atoms with E-state index in [0.717, 1.165) is 5.56 Å². The van der Waals surface area contributed by atoms with Gasteiger partial charge < -0.3 is 34.9 Å². The number of para-hydroxylation sites is 1. The molecule has 2 amide bonds. The summed E-state index contributed by atoms with van der Waals surface area (Å²) in [6, 6.07) is 16.3. The van der Waals surface area contributed by atoms with Crippen molar-refractivity contribution in [3.63, 3.8) is 0 Å². The number of fused-ring (bicyclic) bond motifs is 2. The predicted molar refractivity (Wildman–Crippen MR) is 128 cm³/mol. The van der Waals surface area contributed by atoms with Gasteiger partial charge in [0.25, 0.3) is 11.8 Å².